The fraction of sp³-hybridized carbons (Fsp3) is 0.385. The maximum absolute atomic E-state index is 12.1. The first-order valence-corrected chi connectivity index (χ1v) is 7.65. The van der Waals surface area contributed by atoms with E-state index in [1.165, 1.54) is 16.7 Å². The van der Waals surface area contributed by atoms with Gasteiger partial charge < -0.3 is 15.3 Å². The molecule has 2 N–H and O–H groups in total. The van der Waals surface area contributed by atoms with Crippen LogP contribution in [0.2, 0.25) is 5.02 Å². The van der Waals surface area contributed by atoms with Gasteiger partial charge in [0.25, 0.3) is 0 Å². The Balaban J connectivity index is 2.02. The molecule has 0 aliphatic carbocycles. The van der Waals surface area contributed by atoms with Gasteiger partial charge in [-0.15, -0.1) is 11.8 Å². The molecule has 20 heavy (non-hydrogen) atoms. The van der Waals surface area contributed by atoms with E-state index in [0.29, 0.717) is 16.7 Å². The molecular weight excluding hydrogens is 300 g/mol. The number of hydrogen-bond donors (Lipinski definition) is 2. The number of rotatable bonds is 3. The molecule has 2 amide bonds. The summed E-state index contributed by atoms with van der Waals surface area (Å²) < 4.78 is 0. The summed E-state index contributed by atoms with van der Waals surface area (Å²) in [6, 6.07) is 5.86. The third kappa shape index (κ3) is 3.37. The zero-order valence-electron chi connectivity index (χ0n) is 10.9. The van der Waals surface area contributed by atoms with Gasteiger partial charge in [-0.1, -0.05) is 23.7 Å². The van der Waals surface area contributed by atoms with E-state index in [1.54, 1.807) is 12.1 Å². The van der Waals surface area contributed by atoms with Crippen LogP contribution in [0.3, 0.4) is 0 Å². The molecule has 1 aromatic carbocycles. The summed E-state index contributed by atoms with van der Waals surface area (Å²) in [5.74, 6) is -0.153. The summed E-state index contributed by atoms with van der Waals surface area (Å²) >= 11 is 7.35. The molecule has 7 heteroatoms. The van der Waals surface area contributed by atoms with Crippen LogP contribution < -0.4 is 5.32 Å². The van der Waals surface area contributed by atoms with Crippen LogP contribution in [-0.2, 0) is 4.79 Å². The molecule has 5 nitrogen and oxygen atoms in total. The summed E-state index contributed by atoms with van der Waals surface area (Å²) in [5, 5.41) is 12.5. The molecule has 1 heterocycles. The first-order valence-electron chi connectivity index (χ1n) is 6.12. The van der Waals surface area contributed by atoms with Crippen LogP contribution in [0.5, 0.6) is 0 Å². The number of urea groups is 1. The van der Waals surface area contributed by atoms with Gasteiger partial charge in [-0.2, -0.15) is 0 Å². The second-order valence-electron chi connectivity index (χ2n) is 4.55. The number of carbonyl (C=O) groups is 2. The van der Waals surface area contributed by atoms with E-state index < -0.39 is 12.0 Å². The summed E-state index contributed by atoms with van der Waals surface area (Å²) in [5.41, 5.74) is 0.879. The summed E-state index contributed by atoms with van der Waals surface area (Å²) in [4.78, 5) is 24.5. The molecule has 2 atom stereocenters. The SMILES string of the molecule is CC(NC(=O)N1CSCC1C(=O)O)c1cccc(Cl)c1. The number of nitrogens with one attached hydrogen (secondary N) is 1. The lowest BCUT2D eigenvalue weighted by Crippen LogP contribution is -2.47. The first kappa shape index (κ1) is 15.0. The van der Waals surface area contributed by atoms with Crippen molar-refractivity contribution < 1.29 is 14.7 Å². The van der Waals surface area contributed by atoms with Gasteiger partial charge in [0.15, 0.2) is 0 Å². The molecule has 1 aromatic rings. The zero-order chi connectivity index (χ0) is 14.7. The van der Waals surface area contributed by atoms with Gasteiger partial charge in [-0.25, -0.2) is 9.59 Å². The molecular formula is C13H15ClN2O3S. The number of nitrogens with zero attached hydrogens (tertiary/aromatic N) is 1. The number of aliphatic carboxylic acids is 1. The highest BCUT2D eigenvalue weighted by molar-refractivity contribution is 7.99. The number of halogens is 1. The van der Waals surface area contributed by atoms with Gasteiger partial charge >= 0.3 is 12.0 Å². The Kier molecular flexibility index (Phi) is 4.77. The van der Waals surface area contributed by atoms with Crippen molar-refractivity contribution in [2.45, 2.75) is 19.0 Å². The number of thioether (sulfide) groups is 1. The fourth-order valence-electron chi connectivity index (χ4n) is 1.97. The number of benzene rings is 1. The quantitative estimate of drug-likeness (QED) is 0.899. The monoisotopic (exact) mass is 314 g/mol. The van der Waals surface area contributed by atoms with Gasteiger partial charge in [-0.3, -0.25) is 0 Å². The number of carboxylic acid groups (broad SMARTS) is 1. The molecule has 0 bridgehead atoms. The number of carboxylic acids is 1. The molecule has 0 aromatic heterocycles. The third-order valence-electron chi connectivity index (χ3n) is 3.12. The highest BCUT2D eigenvalue weighted by Gasteiger charge is 2.35. The number of amides is 2. The van der Waals surface area contributed by atoms with Crippen LogP contribution in [0.1, 0.15) is 18.5 Å². The molecule has 0 saturated carbocycles. The molecule has 1 fully saturated rings. The minimum Gasteiger partial charge on any atom is -0.480 e. The molecule has 0 radical (unpaired) electrons. The lowest BCUT2D eigenvalue weighted by atomic mass is 10.1. The minimum atomic E-state index is -0.972. The maximum Gasteiger partial charge on any atom is 0.327 e. The number of carbonyl (C=O) groups excluding carboxylic acids is 1. The standard InChI is InChI=1S/C13H15ClN2O3S/c1-8(9-3-2-4-10(14)5-9)15-13(19)16-7-20-6-11(16)12(17)18/h2-5,8,11H,6-7H2,1H3,(H,15,19)(H,17,18). The van der Waals surface area contributed by atoms with Crippen LogP contribution in [-0.4, -0.2) is 39.7 Å². The lowest BCUT2D eigenvalue weighted by molar-refractivity contribution is -0.140. The molecule has 2 rings (SSSR count). The van der Waals surface area contributed by atoms with E-state index in [9.17, 15) is 9.59 Å². The van der Waals surface area contributed by atoms with E-state index in [1.807, 2.05) is 19.1 Å². The fourth-order valence-corrected chi connectivity index (χ4v) is 3.32. The molecule has 0 spiro atoms. The smallest absolute Gasteiger partial charge is 0.327 e. The maximum atomic E-state index is 12.1. The summed E-state index contributed by atoms with van der Waals surface area (Å²) in [6.45, 7) is 1.84. The van der Waals surface area contributed by atoms with E-state index >= 15 is 0 Å². The van der Waals surface area contributed by atoms with Gasteiger partial charge in [0.05, 0.1) is 11.9 Å². The highest BCUT2D eigenvalue weighted by Crippen LogP contribution is 2.23. The minimum absolute atomic E-state index is 0.235. The molecule has 1 aliphatic heterocycles. The van der Waals surface area contributed by atoms with Crippen molar-refractivity contribution in [3.05, 3.63) is 34.9 Å². The Morgan fingerprint density at radius 2 is 2.30 bits per heavy atom. The van der Waals surface area contributed by atoms with Crippen LogP contribution in [0.4, 0.5) is 4.79 Å². The average Bonchev–Trinajstić information content (AvgIpc) is 2.88. The van der Waals surface area contributed by atoms with Crippen LogP contribution in [0.15, 0.2) is 24.3 Å². The van der Waals surface area contributed by atoms with Gasteiger partial charge in [0, 0.05) is 10.8 Å². The Morgan fingerprint density at radius 3 is 2.95 bits per heavy atom. The highest BCUT2D eigenvalue weighted by atomic mass is 35.5. The van der Waals surface area contributed by atoms with Crippen LogP contribution in [0, 0.1) is 0 Å². The molecule has 2 unspecified atom stereocenters. The lowest BCUT2D eigenvalue weighted by Gasteiger charge is -2.23. The number of hydrogen-bond acceptors (Lipinski definition) is 3. The molecule has 1 aliphatic rings. The Labute approximate surface area is 126 Å². The van der Waals surface area contributed by atoms with Crippen molar-refractivity contribution in [3.63, 3.8) is 0 Å². The average molecular weight is 315 g/mol. The van der Waals surface area contributed by atoms with E-state index in [4.69, 9.17) is 16.7 Å². The second-order valence-corrected chi connectivity index (χ2v) is 5.99. The topological polar surface area (TPSA) is 69.6 Å². The Bertz CT molecular complexity index is 526. The Hall–Kier alpha value is -1.40. The van der Waals surface area contributed by atoms with Crippen molar-refractivity contribution in [2.24, 2.45) is 0 Å². The summed E-state index contributed by atoms with van der Waals surface area (Å²) in [7, 11) is 0. The van der Waals surface area contributed by atoms with Crippen LogP contribution >= 0.6 is 23.4 Å². The zero-order valence-corrected chi connectivity index (χ0v) is 12.4. The van der Waals surface area contributed by atoms with E-state index in [0.717, 1.165) is 5.56 Å². The second kappa shape index (κ2) is 6.37. The van der Waals surface area contributed by atoms with Gasteiger partial charge in [0.2, 0.25) is 0 Å². The first-order chi connectivity index (χ1) is 9.49. The van der Waals surface area contributed by atoms with Crippen molar-refractivity contribution >= 4 is 35.4 Å². The Morgan fingerprint density at radius 1 is 1.55 bits per heavy atom. The summed E-state index contributed by atoms with van der Waals surface area (Å²) in [6.07, 6.45) is 0. The van der Waals surface area contributed by atoms with Crippen molar-refractivity contribution in [1.82, 2.24) is 10.2 Å². The predicted molar refractivity (Wildman–Crippen MR) is 79.0 cm³/mol. The normalized spacial score (nSPS) is 19.7. The van der Waals surface area contributed by atoms with Gasteiger partial charge in [0.1, 0.15) is 6.04 Å². The van der Waals surface area contributed by atoms with Crippen molar-refractivity contribution in [2.75, 3.05) is 11.6 Å². The third-order valence-corrected chi connectivity index (χ3v) is 4.36. The van der Waals surface area contributed by atoms with Crippen molar-refractivity contribution in [1.29, 1.82) is 0 Å². The molecule has 108 valence electrons. The van der Waals surface area contributed by atoms with Crippen LogP contribution in [0.25, 0.3) is 0 Å². The van der Waals surface area contributed by atoms with Crippen molar-refractivity contribution in [3.8, 4) is 0 Å². The van der Waals surface area contributed by atoms with Gasteiger partial charge in [-0.05, 0) is 24.6 Å². The van der Waals surface area contributed by atoms with E-state index in [2.05, 4.69) is 5.32 Å². The predicted octanol–water partition coefficient (Wildman–Crippen LogP) is 2.57. The molecule has 1 saturated heterocycles. The largest absolute Gasteiger partial charge is 0.480 e. The van der Waals surface area contributed by atoms with E-state index in [-0.39, 0.29) is 12.1 Å².